The third-order valence-electron chi connectivity index (χ3n) is 5.97. The van der Waals surface area contributed by atoms with Crippen molar-refractivity contribution in [2.45, 2.75) is 46.0 Å². The van der Waals surface area contributed by atoms with E-state index < -0.39 is 11.9 Å². The summed E-state index contributed by atoms with van der Waals surface area (Å²) < 4.78 is 0. The Balaban J connectivity index is 1.80. The Kier molecular flexibility index (Phi) is 3.98. The summed E-state index contributed by atoms with van der Waals surface area (Å²) in [5.41, 5.74) is 0. The van der Waals surface area contributed by atoms with Gasteiger partial charge in [0.15, 0.2) is 0 Å². The molecule has 4 atom stereocenters. The van der Waals surface area contributed by atoms with Crippen molar-refractivity contribution in [1.29, 1.82) is 0 Å². The molecule has 4 heteroatoms. The van der Waals surface area contributed by atoms with Crippen LogP contribution < -0.4 is 0 Å². The molecule has 1 heterocycles. The molecule has 0 aromatic carbocycles. The summed E-state index contributed by atoms with van der Waals surface area (Å²) in [6.45, 7) is 6.00. The lowest BCUT2D eigenvalue weighted by atomic mass is 9.58. The minimum absolute atomic E-state index is 0.134. The molecular weight excluding hydrogens is 266 g/mol. The zero-order valence-electron chi connectivity index (χ0n) is 13.1. The van der Waals surface area contributed by atoms with Crippen LogP contribution in [0.2, 0.25) is 0 Å². The topological polar surface area (TPSA) is 57.6 Å². The molecule has 4 unspecified atom stereocenters. The van der Waals surface area contributed by atoms with Gasteiger partial charge < -0.3 is 10.0 Å². The molecule has 1 saturated heterocycles. The van der Waals surface area contributed by atoms with Crippen LogP contribution in [0.1, 0.15) is 46.0 Å². The molecule has 4 aliphatic rings. The molecule has 0 spiro atoms. The Morgan fingerprint density at radius 3 is 1.86 bits per heavy atom. The van der Waals surface area contributed by atoms with Gasteiger partial charge in [-0.05, 0) is 55.8 Å². The number of carboxylic acid groups (broad SMARTS) is 1. The van der Waals surface area contributed by atoms with Gasteiger partial charge >= 0.3 is 5.97 Å². The largest absolute Gasteiger partial charge is 0.481 e. The second kappa shape index (κ2) is 5.62. The Morgan fingerprint density at radius 2 is 1.38 bits per heavy atom. The van der Waals surface area contributed by atoms with Crippen molar-refractivity contribution < 1.29 is 14.7 Å². The molecule has 0 radical (unpaired) electrons. The van der Waals surface area contributed by atoms with E-state index in [-0.39, 0.29) is 17.7 Å². The van der Waals surface area contributed by atoms with Crippen molar-refractivity contribution in [2.24, 2.45) is 35.5 Å². The Hall–Kier alpha value is -1.06. The van der Waals surface area contributed by atoms with E-state index in [4.69, 9.17) is 0 Å². The number of amides is 1. The molecule has 0 aromatic heterocycles. The smallest absolute Gasteiger partial charge is 0.307 e. The van der Waals surface area contributed by atoms with Crippen molar-refractivity contribution in [3.8, 4) is 0 Å². The lowest BCUT2D eigenvalue weighted by Crippen LogP contribution is -2.54. The van der Waals surface area contributed by atoms with Crippen LogP contribution >= 0.6 is 0 Å². The highest BCUT2D eigenvalue weighted by Crippen LogP contribution is 2.49. The van der Waals surface area contributed by atoms with Crippen molar-refractivity contribution in [3.63, 3.8) is 0 Å². The van der Waals surface area contributed by atoms with E-state index in [2.05, 4.69) is 13.8 Å². The van der Waals surface area contributed by atoms with Gasteiger partial charge in [0.2, 0.25) is 5.91 Å². The third-order valence-corrected chi connectivity index (χ3v) is 5.97. The minimum atomic E-state index is -0.749. The van der Waals surface area contributed by atoms with Gasteiger partial charge in [0, 0.05) is 13.1 Å². The van der Waals surface area contributed by atoms with E-state index in [9.17, 15) is 14.7 Å². The molecule has 3 saturated carbocycles. The molecule has 118 valence electrons. The standard InChI is InChI=1S/C17H27NO3/c1-10-7-11(2)9-18(8-10)16(19)14-12-3-5-13(6-4-12)15(14)17(20)21/h10-15H,3-9H2,1-2H3,(H,20,21). The van der Waals surface area contributed by atoms with Gasteiger partial charge in [-0.15, -0.1) is 0 Å². The summed E-state index contributed by atoms with van der Waals surface area (Å²) in [5, 5.41) is 9.61. The zero-order chi connectivity index (χ0) is 15.1. The zero-order valence-corrected chi connectivity index (χ0v) is 13.1. The van der Waals surface area contributed by atoms with Gasteiger partial charge in [-0.25, -0.2) is 0 Å². The highest BCUT2D eigenvalue weighted by molar-refractivity contribution is 5.86. The molecule has 3 aliphatic carbocycles. The highest BCUT2D eigenvalue weighted by Gasteiger charge is 2.51. The van der Waals surface area contributed by atoms with E-state index in [1.54, 1.807) is 0 Å². The van der Waals surface area contributed by atoms with Gasteiger partial charge in [0.25, 0.3) is 0 Å². The number of carboxylic acids is 1. The number of carbonyl (C=O) groups is 2. The normalized spacial score (nSPS) is 42.9. The predicted molar refractivity (Wildman–Crippen MR) is 79.6 cm³/mol. The number of fused-ring (bicyclic) bond motifs is 3. The number of aliphatic carboxylic acids is 1. The second-order valence-corrected chi connectivity index (χ2v) is 7.75. The first-order valence-electron chi connectivity index (χ1n) is 8.49. The number of likely N-dealkylation sites (tertiary alicyclic amines) is 1. The molecule has 21 heavy (non-hydrogen) atoms. The first-order chi connectivity index (χ1) is 9.97. The van der Waals surface area contributed by atoms with Gasteiger partial charge in [-0.1, -0.05) is 13.8 Å². The van der Waals surface area contributed by atoms with Crippen LogP contribution in [0.15, 0.2) is 0 Å². The summed E-state index contributed by atoms with van der Waals surface area (Å²) >= 11 is 0. The maximum Gasteiger partial charge on any atom is 0.307 e. The van der Waals surface area contributed by atoms with Gasteiger partial charge in [0.1, 0.15) is 0 Å². The fraction of sp³-hybridized carbons (Fsp3) is 0.882. The van der Waals surface area contributed by atoms with E-state index in [1.807, 2.05) is 4.90 Å². The lowest BCUT2D eigenvalue weighted by molar-refractivity contribution is -0.163. The summed E-state index contributed by atoms with van der Waals surface area (Å²) in [7, 11) is 0. The van der Waals surface area contributed by atoms with E-state index in [1.165, 1.54) is 6.42 Å². The molecule has 0 aromatic rings. The molecular formula is C17H27NO3. The van der Waals surface area contributed by atoms with Crippen molar-refractivity contribution in [1.82, 2.24) is 4.90 Å². The van der Waals surface area contributed by atoms with Crippen LogP contribution in [0.4, 0.5) is 0 Å². The summed E-state index contributed by atoms with van der Waals surface area (Å²) in [6.07, 6.45) is 5.26. The van der Waals surface area contributed by atoms with Crippen LogP contribution in [0, 0.1) is 35.5 Å². The Bertz CT molecular complexity index is 418. The summed E-state index contributed by atoms with van der Waals surface area (Å²) in [6, 6.07) is 0. The monoisotopic (exact) mass is 293 g/mol. The molecule has 2 bridgehead atoms. The number of hydrogen-bond donors (Lipinski definition) is 1. The van der Waals surface area contributed by atoms with Gasteiger partial charge in [-0.2, -0.15) is 0 Å². The fourth-order valence-corrected chi connectivity index (χ4v) is 5.21. The maximum absolute atomic E-state index is 13.0. The first kappa shape index (κ1) is 14.9. The molecule has 4 rings (SSSR count). The first-order valence-corrected chi connectivity index (χ1v) is 8.49. The van der Waals surface area contributed by atoms with E-state index in [0.717, 1.165) is 38.8 Å². The van der Waals surface area contributed by atoms with Gasteiger partial charge in [-0.3, -0.25) is 9.59 Å². The predicted octanol–water partition coefficient (Wildman–Crippen LogP) is 2.63. The second-order valence-electron chi connectivity index (χ2n) is 7.75. The quantitative estimate of drug-likeness (QED) is 0.851. The summed E-state index contributed by atoms with van der Waals surface area (Å²) in [5.74, 6) is 0.279. The minimum Gasteiger partial charge on any atom is -0.481 e. The van der Waals surface area contributed by atoms with Crippen LogP contribution in [-0.4, -0.2) is 35.0 Å². The van der Waals surface area contributed by atoms with Crippen LogP contribution in [-0.2, 0) is 9.59 Å². The van der Waals surface area contributed by atoms with Crippen molar-refractivity contribution in [3.05, 3.63) is 0 Å². The van der Waals surface area contributed by atoms with Crippen LogP contribution in [0.3, 0.4) is 0 Å². The van der Waals surface area contributed by atoms with Gasteiger partial charge in [0.05, 0.1) is 11.8 Å². The average molecular weight is 293 g/mol. The lowest BCUT2D eigenvalue weighted by Gasteiger charge is -2.48. The van der Waals surface area contributed by atoms with Crippen molar-refractivity contribution >= 4 is 11.9 Å². The highest BCUT2D eigenvalue weighted by atomic mass is 16.4. The number of hydrogen-bond acceptors (Lipinski definition) is 2. The SMILES string of the molecule is CC1CC(C)CN(C(=O)C2C3CCC(CC3)C2C(=O)O)C1. The number of rotatable bonds is 2. The molecule has 4 fully saturated rings. The number of piperidine rings is 1. The number of carbonyl (C=O) groups excluding carboxylic acids is 1. The molecule has 1 N–H and O–H groups in total. The average Bonchev–Trinajstić information content (AvgIpc) is 2.45. The summed E-state index contributed by atoms with van der Waals surface area (Å²) in [4.78, 5) is 26.7. The molecule has 1 amide bonds. The Labute approximate surface area is 126 Å². The number of nitrogens with zero attached hydrogens (tertiary/aromatic N) is 1. The Morgan fingerprint density at radius 1 is 0.905 bits per heavy atom. The third kappa shape index (κ3) is 2.69. The fourth-order valence-electron chi connectivity index (χ4n) is 5.21. The van der Waals surface area contributed by atoms with E-state index >= 15 is 0 Å². The molecule has 4 nitrogen and oxygen atoms in total. The maximum atomic E-state index is 13.0. The van der Waals surface area contributed by atoms with E-state index in [0.29, 0.717) is 17.8 Å². The van der Waals surface area contributed by atoms with Crippen LogP contribution in [0.25, 0.3) is 0 Å². The molecule has 1 aliphatic heterocycles. The van der Waals surface area contributed by atoms with Crippen LogP contribution in [0.5, 0.6) is 0 Å². The van der Waals surface area contributed by atoms with Crippen molar-refractivity contribution in [2.75, 3.05) is 13.1 Å².